The van der Waals surface area contributed by atoms with Crippen LogP contribution in [0.3, 0.4) is 0 Å². The smallest absolute Gasteiger partial charge is 0.282 e. The number of nitrogens with one attached hydrogen (secondary N) is 2. The highest BCUT2D eigenvalue weighted by molar-refractivity contribution is 5.97. The maximum absolute atomic E-state index is 12.8. The molecule has 1 heterocycles. The van der Waals surface area contributed by atoms with Crippen molar-refractivity contribution in [1.82, 2.24) is 15.4 Å². The molecule has 4 nitrogen and oxygen atoms in total. The number of nitrogens with zero attached hydrogens (tertiary/aromatic N) is 1. The van der Waals surface area contributed by atoms with E-state index in [1.54, 1.807) is 0 Å². The maximum atomic E-state index is 12.8. The minimum absolute atomic E-state index is 0.141. The minimum atomic E-state index is -0.141. The van der Waals surface area contributed by atoms with Gasteiger partial charge in [0, 0.05) is 24.0 Å². The van der Waals surface area contributed by atoms with Gasteiger partial charge in [-0.2, -0.15) is 0 Å². The van der Waals surface area contributed by atoms with Gasteiger partial charge in [0.15, 0.2) is 0 Å². The molecule has 0 radical (unpaired) electrons. The predicted molar refractivity (Wildman–Crippen MR) is 108 cm³/mol. The van der Waals surface area contributed by atoms with Crippen LogP contribution < -0.4 is 5.43 Å². The zero-order chi connectivity index (χ0) is 18.5. The van der Waals surface area contributed by atoms with E-state index in [1.165, 1.54) is 0 Å². The summed E-state index contributed by atoms with van der Waals surface area (Å²) in [6.45, 7) is 1.25. The van der Waals surface area contributed by atoms with Gasteiger partial charge in [-0.25, -0.2) is 5.01 Å². The summed E-state index contributed by atoms with van der Waals surface area (Å²) in [6, 6.07) is 30.0. The topological polar surface area (TPSA) is 48.1 Å². The molecule has 4 heteroatoms. The molecule has 0 saturated carbocycles. The first-order valence-corrected chi connectivity index (χ1v) is 8.99. The Morgan fingerprint density at radius 3 is 1.93 bits per heavy atom. The van der Waals surface area contributed by atoms with Gasteiger partial charge in [0.25, 0.3) is 5.91 Å². The Morgan fingerprint density at radius 1 is 0.778 bits per heavy atom. The molecule has 1 aromatic heterocycles. The molecule has 0 fully saturated rings. The molecule has 134 valence electrons. The Balaban J connectivity index is 1.54. The van der Waals surface area contributed by atoms with Crippen LogP contribution in [-0.2, 0) is 13.1 Å². The molecule has 3 aromatic carbocycles. The van der Waals surface area contributed by atoms with E-state index >= 15 is 0 Å². The van der Waals surface area contributed by atoms with E-state index in [4.69, 9.17) is 0 Å². The van der Waals surface area contributed by atoms with Crippen LogP contribution in [0.25, 0.3) is 10.9 Å². The van der Waals surface area contributed by atoms with E-state index in [0.717, 1.165) is 22.0 Å². The number of fused-ring (bicyclic) bond motifs is 1. The molecule has 0 aliphatic carbocycles. The van der Waals surface area contributed by atoms with E-state index in [1.807, 2.05) is 71.7 Å². The fraction of sp³-hybridized carbons (Fsp3) is 0.0870. The number of aromatic amines is 1. The SMILES string of the molecule is O=C(NN(Cc1ccccc1)Cc1ccccc1)c1cc2ccccc2[nH]1. The zero-order valence-corrected chi connectivity index (χ0v) is 14.9. The van der Waals surface area contributed by atoms with Crippen molar-refractivity contribution in [2.75, 3.05) is 0 Å². The molecule has 0 atom stereocenters. The molecule has 0 unspecified atom stereocenters. The summed E-state index contributed by atoms with van der Waals surface area (Å²) in [5.74, 6) is -0.141. The summed E-state index contributed by atoms with van der Waals surface area (Å²) in [5, 5.41) is 2.97. The third-order valence-electron chi connectivity index (χ3n) is 4.47. The summed E-state index contributed by atoms with van der Waals surface area (Å²) in [6.07, 6.45) is 0. The zero-order valence-electron chi connectivity index (χ0n) is 14.9. The van der Waals surface area contributed by atoms with Gasteiger partial charge < -0.3 is 4.98 Å². The van der Waals surface area contributed by atoms with Crippen LogP contribution in [0.15, 0.2) is 91.0 Å². The van der Waals surface area contributed by atoms with Crippen LogP contribution in [-0.4, -0.2) is 15.9 Å². The number of carbonyl (C=O) groups is 1. The fourth-order valence-corrected chi connectivity index (χ4v) is 3.14. The molecule has 27 heavy (non-hydrogen) atoms. The number of hydrogen-bond acceptors (Lipinski definition) is 2. The van der Waals surface area contributed by atoms with Crippen LogP contribution in [0.4, 0.5) is 0 Å². The molecule has 0 aliphatic rings. The first kappa shape index (κ1) is 17.1. The Hall–Kier alpha value is -3.37. The number of aromatic nitrogens is 1. The number of hydrazine groups is 1. The van der Waals surface area contributed by atoms with Crippen molar-refractivity contribution in [3.8, 4) is 0 Å². The van der Waals surface area contributed by atoms with E-state index in [2.05, 4.69) is 34.7 Å². The molecular weight excluding hydrogens is 334 g/mol. The monoisotopic (exact) mass is 355 g/mol. The Kier molecular flexibility index (Phi) is 4.99. The molecule has 4 rings (SSSR count). The van der Waals surface area contributed by atoms with Gasteiger partial charge in [0.05, 0.1) is 0 Å². The van der Waals surface area contributed by atoms with Gasteiger partial charge in [0.1, 0.15) is 5.69 Å². The second-order valence-electron chi connectivity index (χ2n) is 6.54. The van der Waals surface area contributed by atoms with Gasteiger partial charge in [-0.1, -0.05) is 78.9 Å². The van der Waals surface area contributed by atoms with E-state index in [0.29, 0.717) is 18.8 Å². The predicted octanol–water partition coefficient (Wildman–Crippen LogP) is 4.52. The Bertz CT molecular complexity index is 951. The summed E-state index contributed by atoms with van der Waals surface area (Å²) in [5.41, 5.74) is 6.86. The van der Waals surface area contributed by atoms with Gasteiger partial charge in [-0.3, -0.25) is 10.2 Å². The third kappa shape index (κ3) is 4.25. The fourth-order valence-electron chi connectivity index (χ4n) is 3.14. The molecular formula is C23H21N3O. The lowest BCUT2D eigenvalue weighted by molar-refractivity contribution is 0.0754. The lowest BCUT2D eigenvalue weighted by atomic mass is 10.2. The molecule has 4 aromatic rings. The molecule has 1 amide bonds. The summed E-state index contributed by atoms with van der Waals surface area (Å²) >= 11 is 0. The van der Waals surface area contributed by atoms with Gasteiger partial charge in [-0.15, -0.1) is 0 Å². The number of carbonyl (C=O) groups excluding carboxylic acids is 1. The van der Waals surface area contributed by atoms with Crippen LogP contribution in [0.5, 0.6) is 0 Å². The number of H-pyrrole nitrogens is 1. The van der Waals surface area contributed by atoms with Crippen molar-refractivity contribution >= 4 is 16.8 Å². The number of benzene rings is 3. The van der Waals surface area contributed by atoms with Gasteiger partial charge in [0.2, 0.25) is 0 Å². The van der Waals surface area contributed by atoms with Crippen LogP contribution in [0, 0.1) is 0 Å². The first-order chi connectivity index (χ1) is 13.3. The minimum Gasteiger partial charge on any atom is -0.350 e. The van der Waals surface area contributed by atoms with E-state index < -0.39 is 0 Å². The average Bonchev–Trinajstić information content (AvgIpc) is 3.14. The van der Waals surface area contributed by atoms with Crippen molar-refractivity contribution in [2.24, 2.45) is 0 Å². The van der Waals surface area contributed by atoms with E-state index in [9.17, 15) is 4.79 Å². The van der Waals surface area contributed by atoms with E-state index in [-0.39, 0.29) is 5.91 Å². The average molecular weight is 355 g/mol. The molecule has 0 bridgehead atoms. The lowest BCUT2D eigenvalue weighted by Crippen LogP contribution is -2.41. The normalized spacial score (nSPS) is 11.0. The second-order valence-corrected chi connectivity index (χ2v) is 6.54. The molecule has 0 aliphatic heterocycles. The number of amides is 1. The van der Waals surface area contributed by atoms with Crippen molar-refractivity contribution in [1.29, 1.82) is 0 Å². The lowest BCUT2D eigenvalue weighted by Gasteiger charge is -2.23. The van der Waals surface area contributed by atoms with Crippen LogP contribution >= 0.6 is 0 Å². The highest BCUT2D eigenvalue weighted by Gasteiger charge is 2.14. The molecule has 0 spiro atoms. The highest BCUT2D eigenvalue weighted by Crippen LogP contribution is 2.15. The quantitative estimate of drug-likeness (QED) is 0.500. The standard InChI is InChI=1S/C23H21N3O/c27-23(22-15-20-13-7-8-14-21(20)24-22)25-26(16-18-9-3-1-4-10-18)17-19-11-5-2-6-12-19/h1-15,24H,16-17H2,(H,25,27). The molecule has 2 N–H and O–H groups in total. The summed E-state index contributed by atoms with van der Waals surface area (Å²) in [4.78, 5) is 16.0. The number of hydrogen-bond donors (Lipinski definition) is 2. The third-order valence-corrected chi connectivity index (χ3v) is 4.47. The van der Waals surface area contributed by atoms with Crippen molar-refractivity contribution in [3.63, 3.8) is 0 Å². The number of para-hydroxylation sites is 1. The van der Waals surface area contributed by atoms with Crippen LogP contribution in [0.2, 0.25) is 0 Å². The number of rotatable bonds is 6. The Labute approximate surface area is 158 Å². The second kappa shape index (κ2) is 7.89. The molecule has 0 saturated heterocycles. The first-order valence-electron chi connectivity index (χ1n) is 8.99. The summed E-state index contributed by atoms with van der Waals surface area (Å²) < 4.78 is 0. The van der Waals surface area contributed by atoms with Crippen LogP contribution in [0.1, 0.15) is 21.6 Å². The van der Waals surface area contributed by atoms with Crippen molar-refractivity contribution in [2.45, 2.75) is 13.1 Å². The van der Waals surface area contributed by atoms with Gasteiger partial charge in [-0.05, 0) is 23.3 Å². The summed E-state index contributed by atoms with van der Waals surface area (Å²) in [7, 11) is 0. The highest BCUT2D eigenvalue weighted by atomic mass is 16.2. The largest absolute Gasteiger partial charge is 0.350 e. The van der Waals surface area contributed by atoms with Crippen molar-refractivity contribution in [3.05, 3.63) is 108 Å². The van der Waals surface area contributed by atoms with Gasteiger partial charge >= 0.3 is 0 Å². The van der Waals surface area contributed by atoms with Crippen molar-refractivity contribution < 1.29 is 4.79 Å². The maximum Gasteiger partial charge on any atom is 0.282 e. The Morgan fingerprint density at radius 2 is 1.33 bits per heavy atom.